The van der Waals surface area contributed by atoms with Crippen molar-refractivity contribution >= 4 is 15.9 Å². The van der Waals surface area contributed by atoms with Gasteiger partial charge in [-0.2, -0.15) is 0 Å². The number of hydrogen-bond donors (Lipinski definition) is 1. The van der Waals surface area contributed by atoms with Crippen molar-refractivity contribution in [2.24, 2.45) is 5.92 Å². The number of benzene rings is 1. The Morgan fingerprint density at radius 1 is 1.32 bits per heavy atom. The third kappa shape index (κ3) is 4.59. The van der Waals surface area contributed by atoms with Crippen LogP contribution >= 0.6 is 15.9 Å². The molecule has 0 radical (unpaired) electrons. The van der Waals surface area contributed by atoms with E-state index in [9.17, 15) is 0 Å². The van der Waals surface area contributed by atoms with E-state index >= 15 is 0 Å². The quantitative estimate of drug-likeness (QED) is 0.890. The SMILES string of the molecule is CCN(Cc1ccc(Br)c(C)c1)CC1CCNCC1. The molecule has 0 unspecified atom stereocenters. The Balaban J connectivity index is 1.92. The van der Waals surface area contributed by atoms with Gasteiger partial charge in [0, 0.05) is 17.6 Å². The van der Waals surface area contributed by atoms with Gasteiger partial charge in [-0.3, -0.25) is 4.90 Å². The molecule has 0 atom stereocenters. The summed E-state index contributed by atoms with van der Waals surface area (Å²) in [7, 11) is 0. The van der Waals surface area contributed by atoms with Gasteiger partial charge in [0.2, 0.25) is 0 Å². The van der Waals surface area contributed by atoms with Crippen molar-refractivity contribution < 1.29 is 0 Å². The lowest BCUT2D eigenvalue weighted by molar-refractivity contribution is 0.207. The van der Waals surface area contributed by atoms with Gasteiger partial charge in [0.15, 0.2) is 0 Å². The van der Waals surface area contributed by atoms with Gasteiger partial charge in [0.05, 0.1) is 0 Å². The van der Waals surface area contributed by atoms with Crippen molar-refractivity contribution in [1.29, 1.82) is 0 Å². The van der Waals surface area contributed by atoms with Gasteiger partial charge in [-0.15, -0.1) is 0 Å². The summed E-state index contributed by atoms with van der Waals surface area (Å²) < 4.78 is 1.21. The minimum atomic E-state index is 0.873. The summed E-state index contributed by atoms with van der Waals surface area (Å²) in [5, 5.41) is 3.45. The Kier molecular flexibility index (Phi) is 5.86. The first-order chi connectivity index (χ1) is 9.19. The van der Waals surface area contributed by atoms with E-state index in [1.807, 2.05) is 0 Å². The van der Waals surface area contributed by atoms with Gasteiger partial charge in [-0.1, -0.05) is 35.0 Å². The molecule has 106 valence electrons. The molecule has 3 heteroatoms. The fourth-order valence-electron chi connectivity index (χ4n) is 2.80. The molecule has 1 aliphatic rings. The Bertz CT molecular complexity index is 400. The number of piperidine rings is 1. The molecule has 1 saturated heterocycles. The predicted octanol–water partition coefficient (Wildman–Crippen LogP) is 3.58. The van der Waals surface area contributed by atoms with Crippen molar-refractivity contribution in [3.05, 3.63) is 33.8 Å². The molecule has 0 spiro atoms. The lowest BCUT2D eigenvalue weighted by Crippen LogP contribution is -2.35. The predicted molar refractivity (Wildman–Crippen MR) is 85.4 cm³/mol. The van der Waals surface area contributed by atoms with Crippen LogP contribution in [0.5, 0.6) is 0 Å². The van der Waals surface area contributed by atoms with Gasteiger partial charge < -0.3 is 5.32 Å². The smallest absolute Gasteiger partial charge is 0.0233 e. The molecule has 0 amide bonds. The van der Waals surface area contributed by atoms with Crippen LogP contribution in [0.4, 0.5) is 0 Å². The van der Waals surface area contributed by atoms with E-state index in [4.69, 9.17) is 0 Å². The summed E-state index contributed by atoms with van der Waals surface area (Å²) >= 11 is 3.57. The van der Waals surface area contributed by atoms with E-state index < -0.39 is 0 Å². The van der Waals surface area contributed by atoms with Crippen LogP contribution in [-0.2, 0) is 6.54 Å². The molecular formula is C16H25BrN2. The van der Waals surface area contributed by atoms with Crippen LogP contribution in [0.2, 0.25) is 0 Å². The average Bonchev–Trinajstić information content (AvgIpc) is 2.43. The number of rotatable bonds is 5. The van der Waals surface area contributed by atoms with Crippen LogP contribution < -0.4 is 5.32 Å². The maximum Gasteiger partial charge on any atom is 0.0233 e. The van der Waals surface area contributed by atoms with Gasteiger partial charge in [0.25, 0.3) is 0 Å². The number of nitrogens with one attached hydrogen (secondary N) is 1. The first-order valence-electron chi connectivity index (χ1n) is 7.37. The van der Waals surface area contributed by atoms with Crippen molar-refractivity contribution in [2.45, 2.75) is 33.2 Å². The van der Waals surface area contributed by atoms with E-state index in [1.54, 1.807) is 0 Å². The zero-order valence-corrected chi connectivity index (χ0v) is 13.7. The molecule has 1 aliphatic heterocycles. The highest BCUT2D eigenvalue weighted by Gasteiger charge is 2.16. The highest BCUT2D eigenvalue weighted by Crippen LogP contribution is 2.19. The van der Waals surface area contributed by atoms with Gasteiger partial charge in [0.1, 0.15) is 0 Å². The van der Waals surface area contributed by atoms with Crippen LogP contribution in [0, 0.1) is 12.8 Å². The van der Waals surface area contributed by atoms with Crippen LogP contribution in [0.1, 0.15) is 30.9 Å². The molecular weight excluding hydrogens is 300 g/mol. The average molecular weight is 325 g/mol. The highest BCUT2D eigenvalue weighted by atomic mass is 79.9. The number of aryl methyl sites for hydroxylation is 1. The summed E-state index contributed by atoms with van der Waals surface area (Å²) in [6, 6.07) is 6.71. The third-order valence-corrected chi connectivity index (χ3v) is 4.94. The zero-order chi connectivity index (χ0) is 13.7. The maximum absolute atomic E-state index is 3.57. The topological polar surface area (TPSA) is 15.3 Å². The molecule has 2 rings (SSSR count). The van der Waals surface area contributed by atoms with E-state index in [0.29, 0.717) is 0 Å². The van der Waals surface area contributed by atoms with Crippen molar-refractivity contribution in [3.63, 3.8) is 0 Å². The van der Waals surface area contributed by atoms with Crippen LogP contribution in [-0.4, -0.2) is 31.1 Å². The second kappa shape index (κ2) is 7.41. The molecule has 1 fully saturated rings. The molecule has 0 bridgehead atoms. The molecule has 1 aromatic rings. The first-order valence-corrected chi connectivity index (χ1v) is 8.16. The summed E-state index contributed by atoms with van der Waals surface area (Å²) in [5.41, 5.74) is 2.76. The largest absolute Gasteiger partial charge is 0.317 e. The van der Waals surface area contributed by atoms with E-state index in [0.717, 1.165) is 19.0 Å². The molecule has 0 aliphatic carbocycles. The van der Waals surface area contributed by atoms with E-state index in [-0.39, 0.29) is 0 Å². The maximum atomic E-state index is 3.57. The molecule has 0 aromatic heterocycles. The molecule has 2 nitrogen and oxygen atoms in total. The summed E-state index contributed by atoms with van der Waals surface area (Å²) in [4.78, 5) is 2.58. The van der Waals surface area contributed by atoms with Gasteiger partial charge >= 0.3 is 0 Å². The zero-order valence-electron chi connectivity index (χ0n) is 12.1. The van der Waals surface area contributed by atoms with Gasteiger partial charge in [-0.05, 0) is 62.5 Å². The second-order valence-corrected chi connectivity index (χ2v) is 6.46. The minimum Gasteiger partial charge on any atom is -0.317 e. The normalized spacial score (nSPS) is 17.1. The van der Waals surface area contributed by atoms with Crippen LogP contribution in [0.25, 0.3) is 0 Å². The number of hydrogen-bond acceptors (Lipinski definition) is 2. The minimum absolute atomic E-state index is 0.873. The number of halogens is 1. The van der Waals surface area contributed by atoms with Crippen LogP contribution in [0.3, 0.4) is 0 Å². The molecule has 1 aromatic carbocycles. The standard InChI is InChI=1S/C16H25BrN2/c1-3-19(11-14-6-8-18-9-7-14)12-15-4-5-16(17)13(2)10-15/h4-5,10,14,18H,3,6-9,11-12H2,1-2H3. The Morgan fingerprint density at radius 3 is 2.68 bits per heavy atom. The Hall–Kier alpha value is -0.380. The number of nitrogens with zero attached hydrogens (tertiary/aromatic N) is 1. The molecule has 1 N–H and O–H groups in total. The summed E-state index contributed by atoms with van der Waals surface area (Å²) in [6.45, 7) is 10.3. The monoisotopic (exact) mass is 324 g/mol. The van der Waals surface area contributed by atoms with Crippen molar-refractivity contribution in [2.75, 3.05) is 26.2 Å². The first kappa shape index (κ1) is 15.0. The highest BCUT2D eigenvalue weighted by molar-refractivity contribution is 9.10. The summed E-state index contributed by atoms with van der Waals surface area (Å²) in [6.07, 6.45) is 2.66. The second-order valence-electron chi connectivity index (χ2n) is 5.60. The fraction of sp³-hybridized carbons (Fsp3) is 0.625. The van der Waals surface area contributed by atoms with Gasteiger partial charge in [-0.25, -0.2) is 0 Å². The van der Waals surface area contributed by atoms with Crippen molar-refractivity contribution in [1.82, 2.24) is 10.2 Å². The van der Waals surface area contributed by atoms with E-state index in [1.165, 1.54) is 48.1 Å². The van der Waals surface area contributed by atoms with Crippen LogP contribution in [0.15, 0.2) is 22.7 Å². The molecule has 19 heavy (non-hydrogen) atoms. The Labute approximate surface area is 125 Å². The van der Waals surface area contributed by atoms with E-state index in [2.05, 4.69) is 58.2 Å². The summed E-state index contributed by atoms with van der Waals surface area (Å²) in [5.74, 6) is 0.873. The molecule has 0 saturated carbocycles. The lowest BCUT2D eigenvalue weighted by atomic mass is 9.97. The third-order valence-electron chi connectivity index (χ3n) is 4.05. The Morgan fingerprint density at radius 2 is 2.05 bits per heavy atom. The fourth-order valence-corrected chi connectivity index (χ4v) is 3.04. The van der Waals surface area contributed by atoms with Crippen molar-refractivity contribution in [3.8, 4) is 0 Å². The lowest BCUT2D eigenvalue weighted by Gasteiger charge is -2.29. The molecule has 1 heterocycles.